The Hall–Kier alpha value is -3.65. The molecule has 7 nitrogen and oxygen atoms in total. The van der Waals surface area contributed by atoms with Gasteiger partial charge in [0, 0.05) is 17.6 Å². The average Bonchev–Trinajstić information content (AvgIpc) is 2.82. The van der Waals surface area contributed by atoms with Crippen molar-refractivity contribution in [3.8, 4) is 0 Å². The molecule has 1 aliphatic rings. The van der Waals surface area contributed by atoms with Crippen LogP contribution in [0.25, 0.3) is 0 Å². The summed E-state index contributed by atoms with van der Waals surface area (Å²) in [4.78, 5) is 43.0. The third-order valence-corrected chi connectivity index (χ3v) is 6.09. The highest BCUT2D eigenvalue weighted by molar-refractivity contribution is 8.01. The summed E-state index contributed by atoms with van der Waals surface area (Å²) >= 11 is 1.30. The summed E-state index contributed by atoms with van der Waals surface area (Å²) in [5, 5.41) is 4.95. The van der Waals surface area contributed by atoms with Gasteiger partial charge in [-0.25, -0.2) is 0 Å². The van der Waals surface area contributed by atoms with E-state index in [-0.39, 0.29) is 18.9 Å². The topological polar surface area (TPSA) is 97.4 Å². The van der Waals surface area contributed by atoms with E-state index in [1.165, 1.54) is 18.0 Å². The van der Waals surface area contributed by atoms with E-state index >= 15 is 0 Å². The average molecular weight is 448 g/mol. The zero-order chi connectivity index (χ0) is 22.3. The molecule has 0 saturated heterocycles. The highest BCUT2D eigenvalue weighted by atomic mass is 32.2. The minimum atomic E-state index is -1.21. The molecule has 0 unspecified atom stereocenters. The number of nitrogens with one attached hydrogen (secondary N) is 2. The fraction of sp³-hybridized carbons (Fsp3) is 0.167. The van der Waals surface area contributed by atoms with E-state index in [1.807, 2.05) is 54.6 Å². The van der Waals surface area contributed by atoms with Gasteiger partial charge in [-0.05, 0) is 29.8 Å². The van der Waals surface area contributed by atoms with Crippen LogP contribution in [0.1, 0.15) is 23.8 Å². The number of benzene rings is 2. The number of rotatable bonds is 7. The van der Waals surface area contributed by atoms with E-state index < -0.39 is 23.2 Å². The summed E-state index contributed by atoms with van der Waals surface area (Å²) in [5.74, 6) is -1.40. The van der Waals surface area contributed by atoms with Crippen molar-refractivity contribution in [1.82, 2.24) is 10.3 Å². The molecule has 2 N–H and O–H groups in total. The Kier molecular flexibility index (Phi) is 6.81. The maximum Gasteiger partial charge on any atom is 0.308 e. The van der Waals surface area contributed by atoms with Crippen LogP contribution in [-0.4, -0.2) is 28.0 Å². The van der Waals surface area contributed by atoms with Gasteiger partial charge in [0.15, 0.2) is 0 Å². The molecule has 0 radical (unpaired) electrons. The fourth-order valence-corrected chi connectivity index (χ4v) is 4.31. The Morgan fingerprint density at radius 3 is 2.56 bits per heavy atom. The van der Waals surface area contributed by atoms with Gasteiger partial charge in [0.05, 0.1) is 23.1 Å². The van der Waals surface area contributed by atoms with E-state index in [0.717, 1.165) is 16.1 Å². The molecular weight excluding hydrogens is 426 g/mol. The molecule has 0 fully saturated rings. The number of carbonyl (C=O) groups excluding carboxylic acids is 3. The predicted molar refractivity (Wildman–Crippen MR) is 121 cm³/mol. The number of para-hydroxylation sites is 1. The number of hydrogen-bond donors (Lipinski definition) is 2. The molecule has 2 atom stereocenters. The molecule has 162 valence electrons. The molecule has 0 aliphatic carbocycles. The molecule has 0 spiro atoms. The van der Waals surface area contributed by atoms with Crippen LogP contribution < -0.4 is 10.6 Å². The Bertz CT molecular complexity index is 1110. The molecule has 2 aromatic carbocycles. The van der Waals surface area contributed by atoms with Crippen LogP contribution >= 0.6 is 11.8 Å². The van der Waals surface area contributed by atoms with Gasteiger partial charge in [-0.2, -0.15) is 0 Å². The number of thioether (sulfide) groups is 1. The second-order valence-corrected chi connectivity index (χ2v) is 8.37. The highest BCUT2D eigenvalue weighted by Gasteiger charge is 2.32. The molecule has 2 heterocycles. The lowest BCUT2D eigenvalue weighted by molar-refractivity contribution is -0.157. The monoisotopic (exact) mass is 447 g/mol. The van der Waals surface area contributed by atoms with Crippen molar-refractivity contribution in [3.05, 3.63) is 90.3 Å². The van der Waals surface area contributed by atoms with E-state index in [4.69, 9.17) is 4.74 Å². The van der Waals surface area contributed by atoms with Gasteiger partial charge >= 0.3 is 5.97 Å². The largest absolute Gasteiger partial charge is 0.446 e. The first-order valence-corrected chi connectivity index (χ1v) is 11.0. The second kappa shape index (κ2) is 10.1. The summed E-state index contributed by atoms with van der Waals surface area (Å²) in [7, 11) is 0. The van der Waals surface area contributed by atoms with E-state index in [9.17, 15) is 14.4 Å². The molecule has 32 heavy (non-hydrogen) atoms. The molecule has 8 heteroatoms. The maximum absolute atomic E-state index is 12.9. The summed E-state index contributed by atoms with van der Waals surface area (Å²) in [6, 6.07) is 21.9. The molecule has 0 saturated carbocycles. The van der Waals surface area contributed by atoms with Gasteiger partial charge in [-0.15, -0.1) is 11.8 Å². The first-order chi connectivity index (χ1) is 15.6. The zero-order valence-corrected chi connectivity index (χ0v) is 17.9. The van der Waals surface area contributed by atoms with Crippen molar-refractivity contribution in [2.75, 3.05) is 5.32 Å². The predicted octanol–water partition coefficient (Wildman–Crippen LogP) is 3.49. The van der Waals surface area contributed by atoms with Crippen LogP contribution in [0.4, 0.5) is 5.69 Å². The molecule has 4 rings (SSSR count). The highest BCUT2D eigenvalue weighted by Crippen LogP contribution is 2.37. The lowest BCUT2D eigenvalue weighted by atomic mass is 10.2. The number of fused-ring (bicyclic) bond motifs is 1. The Balaban J connectivity index is 1.43. The number of hydrogen-bond acceptors (Lipinski definition) is 6. The molecule has 1 aromatic heterocycles. The lowest BCUT2D eigenvalue weighted by Crippen LogP contribution is -2.35. The van der Waals surface area contributed by atoms with Gasteiger partial charge in [0.25, 0.3) is 5.91 Å². The van der Waals surface area contributed by atoms with E-state index in [2.05, 4.69) is 15.6 Å². The summed E-state index contributed by atoms with van der Waals surface area (Å²) in [6.45, 7) is 0.290. The Morgan fingerprint density at radius 1 is 1.03 bits per heavy atom. The maximum atomic E-state index is 12.9. The molecule has 1 aliphatic heterocycles. The van der Waals surface area contributed by atoms with E-state index in [1.54, 1.807) is 18.2 Å². The van der Waals surface area contributed by atoms with Crippen LogP contribution in [0.5, 0.6) is 0 Å². The number of carbonyl (C=O) groups is 3. The van der Waals surface area contributed by atoms with Crippen molar-refractivity contribution >= 4 is 35.2 Å². The number of pyridine rings is 1. The normalized spacial score (nSPS) is 15.8. The summed E-state index contributed by atoms with van der Waals surface area (Å²) in [6.07, 6.45) is 0.152. The minimum absolute atomic E-state index is 0.167. The molecular formula is C24H21N3O4S. The minimum Gasteiger partial charge on any atom is -0.446 e. The SMILES string of the molecule is O=C(C[C@@H]1Sc2ccccc2NC1=O)O[C@@H](C(=O)NCc1ccccc1)c1ccccn1. The molecule has 0 bridgehead atoms. The molecule has 2 amide bonds. The third-order valence-electron chi connectivity index (χ3n) is 4.81. The van der Waals surface area contributed by atoms with Crippen LogP contribution in [0.15, 0.2) is 83.9 Å². The first kappa shape index (κ1) is 21.6. The fourth-order valence-electron chi connectivity index (χ4n) is 3.21. The number of amides is 2. The van der Waals surface area contributed by atoms with Crippen molar-refractivity contribution in [1.29, 1.82) is 0 Å². The zero-order valence-electron chi connectivity index (χ0n) is 17.1. The second-order valence-electron chi connectivity index (χ2n) is 7.12. The Labute approximate surface area is 189 Å². The third kappa shape index (κ3) is 5.33. The van der Waals surface area contributed by atoms with Gasteiger partial charge in [0.2, 0.25) is 12.0 Å². The van der Waals surface area contributed by atoms with Crippen molar-refractivity contribution in [2.24, 2.45) is 0 Å². The first-order valence-electron chi connectivity index (χ1n) is 10.1. The molecule has 3 aromatic rings. The van der Waals surface area contributed by atoms with Crippen molar-refractivity contribution in [2.45, 2.75) is 29.2 Å². The number of aromatic nitrogens is 1. The van der Waals surface area contributed by atoms with Crippen LogP contribution in [0.2, 0.25) is 0 Å². The standard InChI is InChI=1S/C24H21N3O4S/c28-21(14-20-23(29)27-17-10-4-5-12-19(17)32-20)31-22(18-11-6-7-13-25-18)24(30)26-15-16-8-2-1-3-9-16/h1-13,20,22H,14-15H2,(H,26,30)(H,27,29)/t20-,22+/m0/s1. The van der Waals surface area contributed by atoms with E-state index in [0.29, 0.717) is 5.69 Å². The quantitative estimate of drug-likeness (QED) is 0.538. The van der Waals surface area contributed by atoms with Crippen molar-refractivity contribution in [3.63, 3.8) is 0 Å². The van der Waals surface area contributed by atoms with Gasteiger partial charge in [-0.1, -0.05) is 48.5 Å². The van der Waals surface area contributed by atoms with Gasteiger partial charge in [0.1, 0.15) is 0 Å². The number of nitrogens with zero attached hydrogens (tertiary/aromatic N) is 1. The smallest absolute Gasteiger partial charge is 0.308 e. The van der Waals surface area contributed by atoms with Crippen LogP contribution in [-0.2, 0) is 25.7 Å². The number of anilines is 1. The van der Waals surface area contributed by atoms with Gasteiger partial charge < -0.3 is 15.4 Å². The van der Waals surface area contributed by atoms with Gasteiger partial charge in [-0.3, -0.25) is 19.4 Å². The lowest BCUT2D eigenvalue weighted by Gasteiger charge is -2.24. The Morgan fingerprint density at radius 2 is 1.78 bits per heavy atom. The van der Waals surface area contributed by atoms with Crippen LogP contribution in [0.3, 0.4) is 0 Å². The van der Waals surface area contributed by atoms with Crippen molar-refractivity contribution < 1.29 is 19.1 Å². The summed E-state index contributed by atoms with van der Waals surface area (Å²) in [5.41, 5.74) is 1.96. The van der Waals surface area contributed by atoms with Crippen LogP contribution in [0, 0.1) is 0 Å². The number of esters is 1. The summed E-state index contributed by atoms with van der Waals surface area (Å²) < 4.78 is 5.52. The number of ether oxygens (including phenoxy) is 1.